The van der Waals surface area contributed by atoms with Gasteiger partial charge in [-0.25, -0.2) is 0 Å². The summed E-state index contributed by atoms with van der Waals surface area (Å²) >= 11 is 0. The van der Waals surface area contributed by atoms with Gasteiger partial charge in [-0.3, -0.25) is 9.69 Å². The second-order valence-corrected chi connectivity index (χ2v) is 7.18. The van der Waals surface area contributed by atoms with Crippen LogP contribution in [0.15, 0.2) is 54.6 Å². The zero-order valence-corrected chi connectivity index (χ0v) is 13.8. The SMILES string of the molecule is C[C@]12CN(Cc3ccccc3)C[C@H]1NC(=O)c1ccccc1[C@H]2O. The van der Waals surface area contributed by atoms with Crippen LogP contribution in [0.1, 0.15) is 34.5 Å². The smallest absolute Gasteiger partial charge is 0.251 e. The molecule has 0 radical (unpaired) electrons. The van der Waals surface area contributed by atoms with E-state index in [0.717, 1.165) is 25.2 Å². The lowest BCUT2D eigenvalue weighted by Crippen LogP contribution is -2.46. The second-order valence-electron chi connectivity index (χ2n) is 7.18. The van der Waals surface area contributed by atoms with Gasteiger partial charge in [0.25, 0.3) is 5.91 Å². The van der Waals surface area contributed by atoms with E-state index < -0.39 is 11.5 Å². The Bertz CT molecular complexity index is 761. The van der Waals surface area contributed by atoms with Gasteiger partial charge in [-0.2, -0.15) is 0 Å². The molecule has 1 amide bonds. The second kappa shape index (κ2) is 5.72. The van der Waals surface area contributed by atoms with Gasteiger partial charge in [0.1, 0.15) is 0 Å². The molecule has 3 atom stereocenters. The van der Waals surface area contributed by atoms with Crippen LogP contribution >= 0.6 is 0 Å². The number of aliphatic hydroxyl groups excluding tert-OH is 1. The standard InChI is InChI=1S/C20H22N2O2/c1-20-13-22(11-14-7-3-2-4-8-14)12-17(20)21-19(24)16-10-6-5-9-15(16)18(20)23/h2-10,17-18,23H,11-13H2,1H3,(H,21,24)/t17-,18-,20+/m1/s1. The number of hydrogen-bond acceptors (Lipinski definition) is 3. The van der Waals surface area contributed by atoms with Crippen LogP contribution in [0, 0.1) is 5.41 Å². The van der Waals surface area contributed by atoms with Crippen molar-refractivity contribution in [2.24, 2.45) is 5.41 Å². The predicted octanol–water partition coefficient (Wildman–Crippen LogP) is 2.35. The third kappa shape index (κ3) is 2.43. The summed E-state index contributed by atoms with van der Waals surface area (Å²) < 4.78 is 0. The van der Waals surface area contributed by atoms with Crippen molar-refractivity contribution in [1.29, 1.82) is 0 Å². The molecule has 2 aromatic carbocycles. The Morgan fingerprint density at radius 1 is 1.17 bits per heavy atom. The number of rotatable bonds is 2. The van der Waals surface area contributed by atoms with Crippen LogP contribution in [0.25, 0.3) is 0 Å². The Hall–Kier alpha value is -2.17. The monoisotopic (exact) mass is 322 g/mol. The molecule has 1 saturated heterocycles. The third-order valence-corrected chi connectivity index (χ3v) is 5.48. The molecule has 2 aliphatic rings. The van der Waals surface area contributed by atoms with Gasteiger partial charge in [-0.15, -0.1) is 0 Å². The molecular formula is C20H22N2O2. The number of fused-ring (bicyclic) bond motifs is 2. The average Bonchev–Trinajstić information content (AvgIpc) is 2.88. The largest absolute Gasteiger partial charge is 0.388 e. The maximum atomic E-state index is 12.6. The molecule has 0 aliphatic carbocycles. The minimum atomic E-state index is -0.654. The Morgan fingerprint density at radius 2 is 1.88 bits per heavy atom. The summed E-state index contributed by atoms with van der Waals surface area (Å²) in [5.41, 5.74) is 2.19. The van der Waals surface area contributed by atoms with Gasteiger partial charge < -0.3 is 10.4 Å². The molecule has 4 heteroatoms. The van der Waals surface area contributed by atoms with Crippen molar-refractivity contribution >= 4 is 5.91 Å². The molecule has 0 bridgehead atoms. The van der Waals surface area contributed by atoms with E-state index in [1.807, 2.05) is 36.4 Å². The topological polar surface area (TPSA) is 52.6 Å². The summed E-state index contributed by atoms with van der Waals surface area (Å²) in [6.07, 6.45) is -0.654. The summed E-state index contributed by atoms with van der Waals surface area (Å²) in [4.78, 5) is 14.9. The van der Waals surface area contributed by atoms with Gasteiger partial charge >= 0.3 is 0 Å². The van der Waals surface area contributed by atoms with Crippen LogP contribution < -0.4 is 5.32 Å². The lowest BCUT2D eigenvalue weighted by Gasteiger charge is -2.33. The number of likely N-dealkylation sites (tertiary alicyclic amines) is 1. The highest BCUT2D eigenvalue weighted by Gasteiger charge is 2.51. The van der Waals surface area contributed by atoms with Gasteiger partial charge in [-0.05, 0) is 17.2 Å². The first kappa shape index (κ1) is 15.4. The Kier molecular flexibility index (Phi) is 3.66. The lowest BCUT2D eigenvalue weighted by molar-refractivity contribution is 0.0295. The summed E-state index contributed by atoms with van der Waals surface area (Å²) in [7, 11) is 0. The number of aliphatic hydroxyl groups is 1. The Balaban J connectivity index is 1.64. The highest BCUT2D eigenvalue weighted by Crippen LogP contribution is 2.45. The van der Waals surface area contributed by atoms with E-state index in [2.05, 4.69) is 29.3 Å². The van der Waals surface area contributed by atoms with Crippen LogP contribution in [0.3, 0.4) is 0 Å². The number of benzene rings is 2. The first-order valence-electron chi connectivity index (χ1n) is 8.42. The lowest BCUT2D eigenvalue weighted by atomic mass is 9.77. The van der Waals surface area contributed by atoms with Crippen LogP contribution in [0.5, 0.6) is 0 Å². The van der Waals surface area contributed by atoms with E-state index in [4.69, 9.17) is 0 Å². The number of carbonyl (C=O) groups excluding carboxylic acids is 1. The normalized spacial score (nSPS) is 29.5. The molecule has 24 heavy (non-hydrogen) atoms. The van der Waals surface area contributed by atoms with Crippen molar-refractivity contribution in [3.05, 3.63) is 71.3 Å². The van der Waals surface area contributed by atoms with E-state index in [1.54, 1.807) is 6.07 Å². The highest BCUT2D eigenvalue weighted by molar-refractivity contribution is 5.96. The van der Waals surface area contributed by atoms with Gasteiger partial charge in [0.05, 0.1) is 12.1 Å². The quantitative estimate of drug-likeness (QED) is 0.892. The number of hydrogen-bond donors (Lipinski definition) is 2. The summed E-state index contributed by atoms with van der Waals surface area (Å²) in [6, 6.07) is 17.6. The fraction of sp³-hybridized carbons (Fsp3) is 0.350. The summed E-state index contributed by atoms with van der Waals surface area (Å²) in [6.45, 7) is 4.41. The Morgan fingerprint density at radius 3 is 2.67 bits per heavy atom. The highest BCUT2D eigenvalue weighted by atomic mass is 16.3. The molecule has 4 nitrogen and oxygen atoms in total. The van der Waals surface area contributed by atoms with Crippen molar-refractivity contribution in [2.45, 2.75) is 25.6 Å². The maximum Gasteiger partial charge on any atom is 0.251 e. The molecule has 2 heterocycles. The van der Waals surface area contributed by atoms with E-state index in [0.29, 0.717) is 5.56 Å². The molecule has 0 spiro atoms. The van der Waals surface area contributed by atoms with Crippen LogP contribution in [-0.2, 0) is 6.54 Å². The molecule has 0 aromatic heterocycles. The zero-order chi connectivity index (χ0) is 16.7. The van der Waals surface area contributed by atoms with Crippen molar-refractivity contribution < 1.29 is 9.90 Å². The van der Waals surface area contributed by atoms with E-state index >= 15 is 0 Å². The maximum absolute atomic E-state index is 12.6. The van der Waals surface area contributed by atoms with E-state index in [1.165, 1.54) is 5.56 Å². The molecule has 124 valence electrons. The molecule has 2 aliphatic heterocycles. The van der Waals surface area contributed by atoms with Gasteiger partial charge in [-0.1, -0.05) is 55.5 Å². The predicted molar refractivity (Wildman–Crippen MR) is 92.5 cm³/mol. The first-order chi connectivity index (χ1) is 11.6. The molecule has 2 N–H and O–H groups in total. The number of nitrogens with zero attached hydrogens (tertiary/aromatic N) is 1. The molecule has 1 fully saturated rings. The number of amides is 1. The van der Waals surface area contributed by atoms with E-state index in [-0.39, 0.29) is 11.9 Å². The minimum absolute atomic E-state index is 0.0592. The molecule has 0 unspecified atom stereocenters. The Labute approximate surface area is 142 Å². The van der Waals surface area contributed by atoms with Crippen LogP contribution in [0.2, 0.25) is 0 Å². The zero-order valence-electron chi connectivity index (χ0n) is 13.8. The van der Waals surface area contributed by atoms with Crippen LogP contribution in [0.4, 0.5) is 0 Å². The minimum Gasteiger partial charge on any atom is -0.388 e. The van der Waals surface area contributed by atoms with E-state index in [9.17, 15) is 9.90 Å². The van der Waals surface area contributed by atoms with Crippen molar-refractivity contribution in [2.75, 3.05) is 13.1 Å². The van der Waals surface area contributed by atoms with Crippen molar-refractivity contribution in [3.8, 4) is 0 Å². The van der Waals surface area contributed by atoms with Gasteiger partial charge in [0.15, 0.2) is 0 Å². The van der Waals surface area contributed by atoms with Crippen LogP contribution in [-0.4, -0.2) is 35.0 Å². The summed E-state index contributed by atoms with van der Waals surface area (Å²) in [5.74, 6) is -0.0834. The van der Waals surface area contributed by atoms with Crippen molar-refractivity contribution in [1.82, 2.24) is 10.2 Å². The molecule has 0 saturated carbocycles. The third-order valence-electron chi connectivity index (χ3n) is 5.48. The first-order valence-corrected chi connectivity index (χ1v) is 8.42. The molecule has 4 rings (SSSR count). The molecular weight excluding hydrogens is 300 g/mol. The van der Waals surface area contributed by atoms with Crippen molar-refractivity contribution in [3.63, 3.8) is 0 Å². The summed E-state index contributed by atoms with van der Waals surface area (Å²) in [5, 5.41) is 14.2. The fourth-order valence-electron chi connectivity index (χ4n) is 4.11. The van der Waals surface area contributed by atoms with Gasteiger partial charge in [0, 0.05) is 30.6 Å². The molecule has 2 aromatic rings. The number of carbonyl (C=O) groups is 1. The average molecular weight is 322 g/mol. The van der Waals surface area contributed by atoms with Gasteiger partial charge in [0.2, 0.25) is 0 Å². The number of nitrogens with one attached hydrogen (secondary N) is 1. The fourth-order valence-corrected chi connectivity index (χ4v) is 4.11.